The van der Waals surface area contributed by atoms with Crippen LogP contribution in [0.15, 0.2) is 0 Å². The number of nitrogens with one attached hydrogen (secondary N) is 1. The normalized spacial score (nSPS) is 19.1. The van der Waals surface area contributed by atoms with Crippen LogP contribution in [0.2, 0.25) is 0 Å². The molecule has 0 spiro atoms. The third kappa shape index (κ3) is 2.55. The highest BCUT2D eigenvalue weighted by Gasteiger charge is 2.38. The molecule has 1 aromatic rings. The van der Waals surface area contributed by atoms with E-state index < -0.39 is 0 Å². The van der Waals surface area contributed by atoms with E-state index in [4.69, 9.17) is 4.98 Å². The Balaban J connectivity index is 2.31. The quantitative estimate of drug-likeness (QED) is 0.882. The largest absolute Gasteiger partial charge is 0.303 e. The fourth-order valence-corrected chi connectivity index (χ4v) is 4.12. The molecule has 96 valence electrons. The smallest absolute Gasteiger partial charge is 0.113 e. The van der Waals surface area contributed by atoms with Crippen LogP contribution in [0, 0.1) is 6.92 Å². The van der Waals surface area contributed by atoms with Gasteiger partial charge in [0.2, 0.25) is 0 Å². The average Bonchev–Trinajstić information content (AvgIpc) is 2.85. The van der Waals surface area contributed by atoms with Gasteiger partial charge in [0, 0.05) is 10.9 Å². The lowest BCUT2D eigenvalue weighted by Gasteiger charge is -2.30. The summed E-state index contributed by atoms with van der Waals surface area (Å²) in [4.78, 5) is 6.29. The van der Waals surface area contributed by atoms with Gasteiger partial charge in [0.25, 0.3) is 0 Å². The minimum atomic E-state index is 0.178. The first kappa shape index (κ1) is 13.0. The van der Waals surface area contributed by atoms with Crippen molar-refractivity contribution in [3.8, 4) is 0 Å². The van der Waals surface area contributed by atoms with E-state index in [1.165, 1.54) is 41.3 Å². The first-order valence-corrected chi connectivity index (χ1v) is 7.63. The maximum atomic E-state index is 4.89. The molecule has 0 radical (unpaired) electrons. The lowest BCUT2D eigenvalue weighted by atomic mass is 9.97. The maximum absolute atomic E-state index is 4.89. The standard InChI is InChI=1S/C14H24N2S/c1-5-12-11(4)17-13(15-12)14(16-10(2)3)8-6-7-9-14/h10,16H,5-9H2,1-4H3. The van der Waals surface area contributed by atoms with Gasteiger partial charge in [0.15, 0.2) is 0 Å². The molecule has 0 aliphatic heterocycles. The molecule has 0 unspecified atom stereocenters. The summed E-state index contributed by atoms with van der Waals surface area (Å²) in [6.45, 7) is 8.88. The van der Waals surface area contributed by atoms with E-state index in [9.17, 15) is 0 Å². The lowest BCUT2D eigenvalue weighted by Crippen LogP contribution is -2.43. The van der Waals surface area contributed by atoms with Crippen molar-refractivity contribution in [1.29, 1.82) is 0 Å². The number of aromatic nitrogens is 1. The molecule has 2 rings (SSSR count). The van der Waals surface area contributed by atoms with Crippen LogP contribution in [-0.4, -0.2) is 11.0 Å². The first-order chi connectivity index (χ1) is 8.07. The molecule has 1 aromatic heterocycles. The fraction of sp³-hybridized carbons (Fsp3) is 0.786. The molecule has 1 heterocycles. The summed E-state index contributed by atoms with van der Waals surface area (Å²) in [5, 5.41) is 5.12. The zero-order valence-electron chi connectivity index (χ0n) is 11.5. The van der Waals surface area contributed by atoms with E-state index in [2.05, 4.69) is 33.0 Å². The minimum absolute atomic E-state index is 0.178. The summed E-state index contributed by atoms with van der Waals surface area (Å²) >= 11 is 1.90. The molecular formula is C14H24N2S. The van der Waals surface area contributed by atoms with Crippen LogP contribution < -0.4 is 5.32 Å². The van der Waals surface area contributed by atoms with Gasteiger partial charge < -0.3 is 5.32 Å². The monoisotopic (exact) mass is 252 g/mol. The van der Waals surface area contributed by atoms with Crippen molar-refractivity contribution >= 4 is 11.3 Å². The van der Waals surface area contributed by atoms with Gasteiger partial charge >= 0.3 is 0 Å². The second-order valence-electron chi connectivity index (χ2n) is 5.46. The van der Waals surface area contributed by atoms with Crippen LogP contribution in [0.4, 0.5) is 0 Å². The lowest BCUT2D eigenvalue weighted by molar-refractivity contribution is 0.310. The molecule has 0 saturated heterocycles. The van der Waals surface area contributed by atoms with Crippen molar-refractivity contribution < 1.29 is 0 Å². The van der Waals surface area contributed by atoms with Crippen molar-refractivity contribution in [1.82, 2.24) is 10.3 Å². The van der Waals surface area contributed by atoms with Gasteiger partial charge in [-0.15, -0.1) is 11.3 Å². The molecule has 1 fully saturated rings. The third-order valence-electron chi connectivity index (χ3n) is 3.66. The van der Waals surface area contributed by atoms with E-state index in [0.717, 1.165) is 6.42 Å². The van der Waals surface area contributed by atoms with E-state index in [1.807, 2.05) is 11.3 Å². The van der Waals surface area contributed by atoms with Gasteiger partial charge in [-0.05, 0) is 40.0 Å². The Bertz CT molecular complexity index is 376. The number of hydrogen-bond donors (Lipinski definition) is 1. The van der Waals surface area contributed by atoms with E-state index in [0.29, 0.717) is 6.04 Å². The summed E-state index contributed by atoms with van der Waals surface area (Å²) in [5.74, 6) is 0. The Labute approximate surface area is 109 Å². The Hall–Kier alpha value is -0.410. The molecule has 0 aromatic carbocycles. The number of rotatable bonds is 4. The summed E-state index contributed by atoms with van der Waals surface area (Å²) in [6, 6.07) is 0.530. The van der Waals surface area contributed by atoms with Crippen molar-refractivity contribution in [2.24, 2.45) is 0 Å². The van der Waals surface area contributed by atoms with E-state index in [-0.39, 0.29) is 5.54 Å². The number of aryl methyl sites for hydroxylation is 2. The van der Waals surface area contributed by atoms with Crippen LogP contribution in [0.25, 0.3) is 0 Å². The molecule has 0 amide bonds. The Kier molecular flexibility index (Phi) is 3.88. The fourth-order valence-electron chi connectivity index (χ4n) is 2.91. The summed E-state index contributed by atoms with van der Waals surface area (Å²) in [6.07, 6.45) is 6.22. The van der Waals surface area contributed by atoms with Crippen molar-refractivity contribution in [2.45, 2.75) is 71.4 Å². The SMILES string of the molecule is CCc1nc(C2(NC(C)C)CCCC2)sc1C. The summed E-state index contributed by atoms with van der Waals surface area (Å²) in [5.41, 5.74) is 1.47. The second-order valence-corrected chi connectivity index (χ2v) is 6.67. The molecule has 0 atom stereocenters. The van der Waals surface area contributed by atoms with Crippen molar-refractivity contribution in [2.75, 3.05) is 0 Å². The highest BCUT2D eigenvalue weighted by molar-refractivity contribution is 7.11. The Morgan fingerprint density at radius 3 is 2.47 bits per heavy atom. The van der Waals surface area contributed by atoms with E-state index >= 15 is 0 Å². The van der Waals surface area contributed by atoms with Crippen LogP contribution in [0.3, 0.4) is 0 Å². The summed E-state index contributed by atoms with van der Waals surface area (Å²) in [7, 11) is 0. The van der Waals surface area contributed by atoms with Crippen LogP contribution in [0.1, 0.15) is 62.0 Å². The zero-order chi connectivity index (χ0) is 12.5. The van der Waals surface area contributed by atoms with Crippen LogP contribution >= 0.6 is 11.3 Å². The molecule has 2 nitrogen and oxygen atoms in total. The van der Waals surface area contributed by atoms with Gasteiger partial charge in [-0.3, -0.25) is 0 Å². The van der Waals surface area contributed by atoms with Crippen molar-refractivity contribution in [3.63, 3.8) is 0 Å². The van der Waals surface area contributed by atoms with Gasteiger partial charge in [-0.1, -0.05) is 19.8 Å². The number of thiazole rings is 1. The van der Waals surface area contributed by atoms with Gasteiger partial charge in [0.05, 0.1) is 11.2 Å². The molecule has 1 N–H and O–H groups in total. The minimum Gasteiger partial charge on any atom is -0.303 e. The molecule has 1 aliphatic rings. The number of hydrogen-bond acceptors (Lipinski definition) is 3. The topological polar surface area (TPSA) is 24.9 Å². The third-order valence-corrected chi connectivity index (χ3v) is 4.88. The summed E-state index contributed by atoms with van der Waals surface area (Å²) < 4.78 is 0. The molecule has 1 aliphatic carbocycles. The average molecular weight is 252 g/mol. The molecule has 0 bridgehead atoms. The molecule has 3 heteroatoms. The highest BCUT2D eigenvalue weighted by Crippen LogP contribution is 2.41. The zero-order valence-corrected chi connectivity index (χ0v) is 12.3. The molecular weight excluding hydrogens is 228 g/mol. The highest BCUT2D eigenvalue weighted by atomic mass is 32.1. The Morgan fingerprint density at radius 1 is 1.35 bits per heavy atom. The predicted molar refractivity (Wildman–Crippen MR) is 74.6 cm³/mol. The number of nitrogens with zero attached hydrogens (tertiary/aromatic N) is 1. The predicted octanol–water partition coefficient (Wildman–Crippen LogP) is 3.78. The molecule has 1 saturated carbocycles. The maximum Gasteiger partial charge on any atom is 0.113 e. The van der Waals surface area contributed by atoms with Gasteiger partial charge in [-0.25, -0.2) is 4.98 Å². The van der Waals surface area contributed by atoms with Crippen molar-refractivity contribution in [3.05, 3.63) is 15.6 Å². The van der Waals surface area contributed by atoms with E-state index in [1.54, 1.807) is 0 Å². The van der Waals surface area contributed by atoms with Gasteiger partial charge in [-0.2, -0.15) is 0 Å². The second kappa shape index (κ2) is 5.07. The van der Waals surface area contributed by atoms with Crippen LogP contribution in [-0.2, 0) is 12.0 Å². The first-order valence-electron chi connectivity index (χ1n) is 6.82. The molecule has 17 heavy (non-hydrogen) atoms. The van der Waals surface area contributed by atoms with Crippen LogP contribution in [0.5, 0.6) is 0 Å². The van der Waals surface area contributed by atoms with Gasteiger partial charge in [0.1, 0.15) is 5.01 Å². The Morgan fingerprint density at radius 2 is 2.00 bits per heavy atom.